The predicted molar refractivity (Wildman–Crippen MR) is 105 cm³/mol. The third-order valence-electron chi connectivity index (χ3n) is 4.80. The summed E-state index contributed by atoms with van der Waals surface area (Å²) in [6.07, 6.45) is 10.7. The molecule has 0 aliphatic heterocycles. The molecule has 0 radical (unpaired) electrons. The number of unbranched alkanes of at least 4 members (excludes halogenated alkanes) is 7. The van der Waals surface area contributed by atoms with E-state index in [0.29, 0.717) is 11.3 Å². The maximum Gasteiger partial charge on any atom is 0.339 e. The molecule has 0 N–H and O–H groups in total. The van der Waals surface area contributed by atoms with E-state index < -0.39 is 5.97 Å². The fourth-order valence-electron chi connectivity index (χ4n) is 3.33. The zero-order valence-corrected chi connectivity index (χ0v) is 16.2. The number of aryl methyl sites for hydroxylation is 1. The maximum atomic E-state index is 12.4. The SMILES string of the molecule is CCCCCCCCCCc1c(C)c2ccc(OC(C)=O)cc2oc1=O. The van der Waals surface area contributed by atoms with Crippen LogP contribution in [0.25, 0.3) is 11.0 Å². The lowest BCUT2D eigenvalue weighted by Gasteiger charge is -2.09. The molecule has 0 atom stereocenters. The molecule has 0 bridgehead atoms. The highest BCUT2D eigenvalue weighted by atomic mass is 16.5. The normalized spacial score (nSPS) is 11.0. The molecule has 0 saturated heterocycles. The van der Waals surface area contributed by atoms with Crippen molar-refractivity contribution in [2.75, 3.05) is 0 Å². The van der Waals surface area contributed by atoms with E-state index in [4.69, 9.17) is 9.15 Å². The highest BCUT2D eigenvalue weighted by Gasteiger charge is 2.12. The topological polar surface area (TPSA) is 56.5 Å². The minimum atomic E-state index is -0.394. The number of hydrogen-bond acceptors (Lipinski definition) is 4. The first-order chi connectivity index (χ1) is 12.5. The van der Waals surface area contributed by atoms with Gasteiger partial charge in [0.15, 0.2) is 0 Å². The minimum Gasteiger partial charge on any atom is -0.427 e. The average Bonchev–Trinajstić information content (AvgIpc) is 2.59. The molecule has 0 unspecified atom stereocenters. The zero-order valence-electron chi connectivity index (χ0n) is 16.2. The summed E-state index contributed by atoms with van der Waals surface area (Å²) in [6.45, 7) is 5.54. The number of rotatable bonds is 10. The van der Waals surface area contributed by atoms with Gasteiger partial charge in [0.1, 0.15) is 11.3 Å². The summed E-state index contributed by atoms with van der Waals surface area (Å²) in [5, 5.41) is 0.898. The van der Waals surface area contributed by atoms with Crippen LogP contribution < -0.4 is 10.4 Å². The van der Waals surface area contributed by atoms with Crippen molar-refractivity contribution < 1.29 is 13.9 Å². The molecule has 0 aliphatic carbocycles. The minimum absolute atomic E-state index is 0.280. The Morgan fingerprint density at radius 2 is 1.69 bits per heavy atom. The van der Waals surface area contributed by atoms with Crippen LogP contribution in [-0.4, -0.2) is 5.97 Å². The van der Waals surface area contributed by atoms with E-state index in [9.17, 15) is 9.59 Å². The van der Waals surface area contributed by atoms with Crippen LogP contribution >= 0.6 is 0 Å². The fourth-order valence-corrected chi connectivity index (χ4v) is 3.33. The Labute approximate surface area is 155 Å². The van der Waals surface area contributed by atoms with Crippen LogP contribution in [0.4, 0.5) is 0 Å². The molecule has 26 heavy (non-hydrogen) atoms. The standard InChI is InChI=1S/C22H30O4/c1-4-5-6-7-8-9-10-11-12-20-16(2)19-14-13-18(25-17(3)23)15-21(19)26-22(20)24/h13-15H,4-12H2,1-3H3. The van der Waals surface area contributed by atoms with Crippen molar-refractivity contribution in [2.45, 2.75) is 78.6 Å². The number of esters is 1. The van der Waals surface area contributed by atoms with E-state index in [1.54, 1.807) is 12.1 Å². The molecule has 0 amide bonds. The molecule has 4 nitrogen and oxygen atoms in total. The van der Waals surface area contributed by atoms with Crippen LogP contribution in [0.1, 0.15) is 76.3 Å². The van der Waals surface area contributed by atoms with Crippen LogP contribution in [-0.2, 0) is 11.2 Å². The molecule has 142 valence electrons. The Hall–Kier alpha value is -2.10. The van der Waals surface area contributed by atoms with Gasteiger partial charge in [-0.1, -0.05) is 51.9 Å². The van der Waals surface area contributed by atoms with Crippen molar-refractivity contribution in [2.24, 2.45) is 0 Å². The van der Waals surface area contributed by atoms with Gasteiger partial charge in [0.25, 0.3) is 0 Å². The van der Waals surface area contributed by atoms with Gasteiger partial charge in [0.2, 0.25) is 0 Å². The van der Waals surface area contributed by atoms with E-state index in [1.807, 2.05) is 13.0 Å². The Kier molecular flexibility index (Phi) is 7.89. The summed E-state index contributed by atoms with van der Waals surface area (Å²) in [4.78, 5) is 23.4. The number of carbonyl (C=O) groups is 1. The van der Waals surface area contributed by atoms with Crippen LogP contribution in [0.2, 0.25) is 0 Å². The maximum absolute atomic E-state index is 12.4. The smallest absolute Gasteiger partial charge is 0.339 e. The van der Waals surface area contributed by atoms with Gasteiger partial charge in [-0.05, 0) is 37.5 Å². The number of ether oxygens (including phenoxy) is 1. The molecule has 4 heteroatoms. The second kappa shape index (κ2) is 10.1. The Balaban J connectivity index is 1.98. The first kappa shape index (κ1) is 20.2. The molecular weight excluding hydrogens is 328 g/mol. The quantitative estimate of drug-likeness (QED) is 0.236. The second-order valence-corrected chi connectivity index (χ2v) is 6.97. The molecule has 1 heterocycles. The van der Waals surface area contributed by atoms with E-state index in [-0.39, 0.29) is 5.63 Å². The van der Waals surface area contributed by atoms with Crippen LogP contribution in [0.15, 0.2) is 27.4 Å². The lowest BCUT2D eigenvalue weighted by atomic mass is 10.00. The number of hydrogen-bond donors (Lipinski definition) is 0. The van der Waals surface area contributed by atoms with E-state index in [2.05, 4.69) is 6.92 Å². The first-order valence-corrected chi connectivity index (χ1v) is 9.77. The van der Waals surface area contributed by atoms with Gasteiger partial charge in [0.05, 0.1) is 0 Å². The first-order valence-electron chi connectivity index (χ1n) is 9.77. The van der Waals surface area contributed by atoms with Gasteiger partial charge in [-0.25, -0.2) is 4.79 Å². The third kappa shape index (κ3) is 5.72. The molecular formula is C22H30O4. The van der Waals surface area contributed by atoms with Gasteiger partial charge in [-0.15, -0.1) is 0 Å². The van der Waals surface area contributed by atoms with Gasteiger partial charge in [0, 0.05) is 23.9 Å². The average molecular weight is 358 g/mol. The van der Waals surface area contributed by atoms with Crippen molar-refractivity contribution in [1.82, 2.24) is 0 Å². The number of benzene rings is 1. The molecule has 2 aromatic rings. The van der Waals surface area contributed by atoms with E-state index in [1.165, 1.54) is 45.4 Å². The molecule has 2 rings (SSSR count). The van der Waals surface area contributed by atoms with Crippen molar-refractivity contribution in [3.63, 3.8) is 0 Å². The Morgan fingerprint density at radius 1 is 1.04 bits per heavy atom. The van der Waals surface area contributed by atoms with Gasteiger partial charge < -0.3 is 9.15 Å². The summed E-state index contributed by atoms with van der Waals surface area (Å²) < 4.78 is 10.5. The second-order valence-electron chi connectivity index (χ2n) is 6.97. The molecule has 1 aromatic carbocycles. The summed E-state index contributed by atoms with van der Waals surface area (Å²) in [6, 6.07) is 5.19. The predicted octanol–water partition coefficient (Wildman–Crippen LogP) is 5.71. The molecule has 0 spiro atoms. The third-order valence-corrected chi connectivity index (χ3v) is 4.80. The molecule has 0 saturated carbocycles. The van der Waals surface area contributed by atoms with Crippen molar-refractivity contribution in [1.29, 1.82) is 0 Å². The van der Waals surface area contributed by atoms with Crippen LogP contribution in [0.5, 0.6) is 5.75 Å². The fraction of sp³-hybridized carbons (Fsp3) is 0.545. The van der Waals surface area contributed by atoms with Crippen LogP contribution in [0.3, 0.4) is 0 Å². The van der Waals surface area contributed by atoms with Crippen molar-refractivity contribution >= 4 is 16.9 Å². The van der Waals surface area contributed by atoms with E-state index in [0.717, 1.165) is 35.8 Å². The van der Waals surface area contributed by atoms with Gasteiger partial charge >= 0.3 is 11.6 Å². The summed E-state index contributed by atoms with van der Waals surface area (Å²) in [5.41, 5.74) is 1.92. The molecule has 0 fully saturated rings. The van der Waals surface area contributed by atoms with Crippen molar-refractivity contribution in [3.8, 4) is 5.75 Å². The summed E-state index contributed by atoms with van der Waals surface area (Å²) in [5.74, 6) is -0.00175. The van der Waals surface area contributed by atoms with E-state index >= 15 is 0 Å². The molecule has 1 aromatic heterocycles. The lowest BCUT2D eigenvalue weighted by molar-refractivity contribution is -0.131. The monoisotopic (exact) mass is 358 g/mol. The highest BCUT2D eigenvalue weighted by molar-refractivity contribution is 5.83. The lowest BCUT2D eigenvalue weighted by Crippen LogP contribution is -2.10. The molecule has 0 aliphatic rings. The zero-order chi connectivity index (χ0) is 18.9. The largest absolute Gasteiger partial charge is 0.427 e. The number of fused-ring (bicyclic) bond motifs is 1. The number of carbonyl (C=O) groups excluding carboxylic acids is 1. The Bertz CT molecular complexity index is 789. The van der Waals surface area contributed by atoms with Gasteiger partial charge in [-0.2, -0.15) is 0 Å². The van der Waals surface area contributed by atoms with Gasteiger partial charge in [-0.3, -0.25) is 4.79 Å². The van der Waals surface area contributed by atoms with Crippen molar-refractivity contribution in [3.05, 3.63) is 39.7 Å². The highest BCUT2D eigenvalue weighted by Crippen LogP contribution is 2.25. The van der Waals surface area contributed by atoms with Crippen LogP contribution in [0, 0.1) is 6.92 Å². The summed E-state index contributed by atoms with van der Waals surface area (Å²) >= 11 is 0. The Morgan fingerprint density at radius 3 is 2.35 bits per heavy atom. The summed E-state index contributed by atoms with van der Waals surface area (Å²) in [7, 11) is 0.